The number of anilines is 1. The molecule has 0 aliphatic rings. The third kappa shape index (κ3) is 8.39. The number of benzene rings is 4. The second-order valence-electron chi connectivity index (χ2n) is 10.5. The minimum Gasteiger partial charge on any atom is -0.457 e. The van der Waals surface area contributed by atoms with Gasteiger partial charge in [-0.05, 0) is 86.5 Å². The van der Waals surface area contributed by atoms with Crippen molar-refractivity contribution < 1.29 is 22.7 Å². The average molecular weight is 634 g/mol. The molecule has 1 atom stereocenters. The monoisotopic (exact) mass is 633 g/mol. The van der Waals surface area contributed by atoms with E-state index < -0.39 is 28.5 Å². The van der Waals surface area contributed by atoms with Crippen LogP contribution in [0.25, 0.3) is 0 Å². The van der Waals surface area contributed by atoms with Gasteiger partial charge in [-0.25, -0.2) is 8.42 Å². The maximum atomic E-state index is 14.2. The number of amides is 2. The zero-order chi connectivity index (χ0) is 31.7. The molecule has 0 aliphatic carbocycles. The fourth-order valence-electron chi connectivity index (χ4n) is 4.64. The number of carbonyl (C=O) groups excluding carboxylic acids is 2. The lowest BCUT2D eigenvalue weighted by Crippen LogP contribution is -2.53. The van der Waals surface area contributed by atoms with Crippen LogP contribution in [0.15, 0.2) is 114 Å². The fourth-order valence-corrected chi connectivity index (χ4v) is 6.20. The molecule has 8 nitrogen and oxygen atoms in total. The van der Waals surface area contributed by atoms with Gasteiger partial charge in [0.25, 0.3) is 10.0 Å². The molecule has 0 fully saturated rings. The van der Waals surface area contributed by atoms with Gasteiger partial charge in [-0.3, -0.25) is 13.9 Å². The molecule has 4 aromatic carbocycles. The number of sulfonamides is 1. The summed E-state index contributed by atoms with van der Waals surface area (Å²) < 4.78 is 35.0. The summed E-state index contributed by atoms with van der Waals surface area (Å²) in [5, 5.41) is 3.43. The molecule has 0 aliphatic heterocycles. The van der Waals surface area contributed by atoms with Crippen molar-refractivity contribution in [3.05, 3.63) is 120 Å². The maximum Gasteiger partial charge on any atom is 0.264 e. The normalized spacial score (nSPS) is 11.9. The van der Waals surface area contributed by atoms with Gasteiger partial charge in [0.05, 0.1) is 10.6 Å². The highest BCUT2D eigenvalue weighted by Gasteiger charge is 2.33. The molecule has 0 bridgehead atoms. The van der Waals surface area contributed by atoms with Crippen LogP contribution in [0.2, 0.25) is 5.02 Å². The fraction of sp³-hybridized carbons (Fsp3) is 0.235. The third-order valence-corrected chi connectivity index (χ3v) is 8.84. The summed E-state index contributed by atoms with van der Waals surface area (Å²) >= 11 is 6.08. The zero-order valence-electron chi connectivity index (χ0n) is 24.9. The first-order valence-electron chi connectivity index (χ1n) is 14.3. The van der Waals surface area contributed by atoms with Gasteiger partial charge in [0, 0.05) is 17.6 Å². The Balaban J connectivity index is 1.71. The highest BCUT2D eigenvalue weighted by atomic mass is 35.5. The van der Waals surface area contributed by atoms with Crippen molar-refractivity contribution in [3.8, 4) is 11.5 Å². The van der Waals surface area contributed by atoms with Crippen LogP contribution in [-0.2, 0) is 26.2 Å². The molecular formula is C34H36ClN3O5S. The zero-order valence-corrected chi connectivity index (χ0v) is 26.5. The molecule has 44 heavy (non-hydrogen) atoms. The Morgan fingerprint density at radius 2 is 1.39 bits per heavy atom. The number of rotatable bonds is 13. The number of hydrogen-bond acceptors (Lipinski definition) is 5. The van der Waals surface area contributed by atoms with Crippen LogP contribution in [0.1, 0.15) is 32.8 Å². The van der Waals surface area contributed by atoms with Crippen LogP contribution in [0, 0.1) is 0 Å². The standard InChI is InChI=1S/C34H36ClN3O5S/c1-4-32(34(40)36-25(2)3)37(23-26-15-17-27(35)18-16-26)33(39)24-38(44(41,42)31-13-9-6-10-14-31)28-19-21-30(22-20-28)43-29-11-7-5-8-12-29/h5-22,25,32H,4,23-24H2,1-3H3,(H,36,40)/t32-/m0/s1. The van der Waals surface area contributed by atoms with Gasteiger partial charge in [-0.2, -0.15) is 0 Å². The predicted octanol–water partition coefficient (Wildman–Crippen LogP) is 6.66. The molecule has 0 heterocycles. The highest BCUT2D eigenvalue weighted by Crippen LogP contribution is 2.29. The molecule has 0 aromatic heterocycles. The Bertz CT molecular complexity index is 1630. The Morgan fingerprint density at radius 1 is 0.818 bits per heavy atom. The quantitative estimate of drug-likeness (QED) is 0.178. The van der Waals surface area contributed by atoms with Crippen molar-refractivity contribution in [1.82, 2.24) is 10.2 Å². The predicted molar refractivity (Wildman–Crippen MR) is 173 cm³/mol. The first kappa shape index (κ1) is 32.6. The second-order valence-corrected chi connectivity index (χ2v) is 12.8. The van der Waals surface area contributed by atoms with E-state index in [2.05, 4.69) is 5.32 Å². The molecule has 4 rings (SSSR count). The Kier molecular flexibility index (Phi) is 11.0. The number of halogens is 1. The molecule has 0 radical (unpaired) electrons. The van der Waals surface area contributed by atoms with Crippen LogP contribution in [-0.4, -0.2) is 43.8 Å². The minimum atomic E-state index is -4.18. The van der Waals surface area contributed by atoms with Crippen LogP contribution < -0.4 is 14.4 Å². The number of carbonyl (C=O) groups is 2. The van der Waals surface area contributed by atoms with Crippen molar-refractivity contribution in [1.29, 1.82) is 0 Å². The van der Waals surface area contributed by atoms with Crippen molar-refractivity contribution in [2.45, 2.75) is 50.7 Å². The van der Waals surface area contributed by atoms with Gasteiger partial charge in [-0.1, -0.05) is 67.1 Å². The van der Waals surface area contributed by atoms with E-state index in [4.69, 9.17) is 16.3 Å². The maximum absolute atomic E-state index is 14.2. The van der Waals surface area contributed by atoms with Crippen LogP contribution in [0.4, 0.5) is 5.69 Å². The van der Waals surface area contributed by atoms with Gasteiger partial charge < -0.3 is 15.0 Å². The molecule has 0 spiro atoms. The summed E-state index contributed by atoms with van der Waals surface area (Å²) in [7, 11) is -4.18. The first-order chi connectivity index (χ1) is 21.1. The topological polar surface area (TPSA) is 96.0 Å². The van der Waals surface area contributed by atoms with E-state index in [9.17, 15) is 18.0 Å². The molecule has 230 valence electrons. The number of nitrogens with zero attached hydrogens (tertiary/aromatic N) is 2. The lowest BCUT2D eigenvalue weighted by molar-refractivity contribution is -0.140. The van der Waals surface area contributed by atoms with Gasteiger partial charge in [0.2, 0.25) is 11.8 Å². The van der Waals surface area contributed by atoms with Gasteiger partial charge >= 0.3 is 0 Å². The SMILES string of the molecule is CC[C@@H](C(=O)NC(C)C)N(Cc1ccc(Cl)cc1)C(=O)CN(c1ccc(Oc2ccccc2)cc1)S(=O)(=O)c1ccccc1. The summed E-state index contributed by atoms with van der Waals surface area (Å²) in [5.41, 5.74) is 1.02. The third-order valence-electron chi connectivity index (χ3n) is 6.80. The second kappa shape index (κ2) is 14.9. The molecule has 10 heteroatoms. The minimum absolute atomic E-state index is 0.0336. The number of ether oxygens (including phenoxy) is 1. The van der Waals surface area contributed by atoms with E-state index in [1.165, 1.54) is 17.0 Å². The van der Waals surface area contributed by atoms with E-state index in [0.717, 1.165) is 9.87 Å². The lowest BCUT2D eigenvalue weighted by atomic mass is 10.1. The summed E-state index contributed by atoms with van der Waals surface area (Å²) in [5.74, 6) is 0.288. The van der Waals surface area contributed by atoms with E-state index in [1.807, 2.05) is 51.1 Å². The van der Waals surface area contributed by atoms with E-state index in [-0.39, 0.29) is 29.1 Å². The Labute approximate surface area is 264 Å². The van der Waals surface area contributed by atoms with Crippen LogP contribution in [0.3, 0.4) is 0 Å². The van der Waals surface area contributed by atoms with Crippen molar-refractivity contribution >= 4 is 39.1 Å². The van der Waals surface area contributed by atoms with Crippen LogP contribution in [0.5, 0.6) is 11.5 Å². The Hall–Kier alpha value is -4.34. The summed E-state index contributed by atoms with van der Waals surface area (Å²) in [6, 6.07) is 29.6. The number of nitrogens with one attached hydrogen (secondary N) is 1. The lowest BCUT2D eigenvalue weighted by Gasteiger charge is -2.33. The molecular weight excluding hydrogens is 598 g/mol. The van der Waals surface area contributed by atoms with E-state index in [1.54, 1.807) is 66.7 Å². The molecule has 2 amide bonds. The van der Waals surface area contributed by atoms with Crippen LogP contribution >= 0.6 is 11.6 Å². The van der Waals surface area contributed by atoms with Gasteiger partial charge in [0.1, 0.15) is 24.1 Å². The van der Waals surface area contributed by atoms with Crippen molar-refractivity contribution in [2.75, 3.05) is 10.8 Å². The van der Waals surface area contributed by atoms with E-state index in [0.29, 0.717) is 22.9 Å². The molecule has 0 saturated heterocycles. The summed E-state index contributed by atoms with van der Waals surface area (Å²) in [6.07, 6.45) is 0.328. The van der Waals surface area contributed by atoms with Crippen molar-refractivity contribution in [3.63, 3.8) is 0 Å². The largest absolute Gasteiger partial charge is 0.457 e. The number of para-hydroxylation sites is 1. The molecule has 1 N–H and O–H groups in total. The molecule has 0 saturated carbocycles. The van der Waals surface area contributed by atoms with Gasteiger partial charge in [0.15, 0.2) is 0 Å². The smallest absolute Gasteiger partial charge is 0.264 e. The number of hydrogen-bond donors (Lipinski definition) is 1. The first-order valence-corrected chi connectivity index (χ1v) is 16.2. The highest BCUT2D eigenvalue weighted by molar-refractivity contribution is 7.92. The molecule has 0 unspecified atom stereocenters. The van der Waals surface area contributed by atoms with E-state index >= 15 is 0 Å². The van der Waals surface area contributed by atoms with Gasteiger partial charge in [-0.15, -0.1) is 0 Å². The summed E-state index contributed by atoms with van der Waals surface area (Å²) in [4.78, 5) is 28.9. The Morgan fingerprint density at radius 3 is 1.95 bits per heavy atom. The molecule has 4 aromatic rings. The summed E-state index contributed by atoms with van der Waals surface area (Å²) in [6.45, 7) is 5.06. The van der Waals surface area contributed by atoms with Crippen molar-refractivity contribution in [2.24, 2.45) is 0 Å². The average Bonchev–Trinajstić information content (AvgIpc) is 3.01.